The van der Waals surface area contributed by atoms with Gasteiger partial charge in [0, 0.05) is 12.6 Å². The summed E-state index contributed by atoms with van der Waals surface area (Å²) < 4.78 is 0. The number of aliphatic hydroxyl groups excluding tert-OH is 1. The van der Waals surface area contributed by atoms with E-state index in [0.29, 0.717) is 6.04 Å². The molecule has 2 unspecified atom stereocenters. The highest BCUT2D eigenvalue weighted by atomic mass is 16.3. The van der Waals surface area contributed by atoms with E-state index in [-0.39, 0.29) is 6.10 Å². The molecule has 0 bridgehead atoms. The van der Waals surface area contributed by atoms with Crippen molar-refractivity contribution in [2.24, 2.45) is 11.8 Å². The zero-order valence-electron chi connectivity index (χ0n) is 10.2. The summed E-state index contributed by atoms with van der Waals surface area (Å²) in [6.07, 6.45) is 6.01. The Morgan fingerprint density at radius 3 is 2.40 bits per heavy atom. The summed E-state index contributed by atoms with van der Waals surface area (Å²) in [6, 6.07) is 0.466. The molecule has 0 spiro atoms. The molecule has 2 heteroatoms. The van der Waals surface area contributed by atoms with E-state index in [1.54, 1.807) is 0 Å². The Kier molecular flexibility index (Phi) is 3.68. The first kappa shape index (κ1) is 11.4. The average molecular weight is 211 g/mol. The molecule has 0 amide bonds. The quantitative estimate of drug-likeness (QED) is 0.719. The van der Waals surface area contributed by atoms with Crippen LogP contribution in [-0.4, -0.2) is 35.2 Å². The third-order valence-electron chi connectivity index (χ3n) is 4.53. The van der Waals surface area contributed by atoms with Gasteiger partial charge in [0.05, 0.1) is 6.10 Å². The van der Waals surface area contributed by atoms with Gasteiger partial charge >= 0.3 is 0 Å². The van der Waals surface area contributed by atoms with Crippen molar-refractivity contribution >= 4 is 0 Å². The number of piperidine rings is 1. The molecule has 0 aromatic rings. The normalized spacial score (nSPS) is 44.2. The lowest BCUT2D eigenvalue weighted by Gasteiger charge is -2.43. The largest absolute Gasteiger partial charge is 0.391 e. The molecule has 2 nitrogen and oxygen atoms in total. The van der Waals surface area contributed by atoms with E-state index < -0.39 is 0 Å². The summed E-state index contributed by atoms with van der Waals surface area (Å²) in [5.74, 6) is 1.66. The van der Waals surface area contributed by atoms with Crippen molar-refractivity contribution < 1.29 is 5.11 Å². The SMILES string of the molecule is CC1CCN([C@H]2CCCC[C@@H]2O)CC1C. The molecular weight excluding hydrogens is 186 g/mol. The Labute approximate surface area is 93.7 Å². The Morgan fingerprint density at radius 2 is 1.73 bits per heavy atom. The topological polar surface area (TPSA) is 23.5 Å². The van der Waals surface area contributed by atoms with Crippen LogP contribution in [0.2, 0.25) is 0 Å². The van der Waals surface area contributed by atoms with Crippen LogP contribution >= 0.6 is 0 Å². The number of likely N-dealkylation sites (tertiary alicyclic amines) is 1. The summed E-state index contributed by atoms with van der Waals surface area (Å²) >= 11 is 0. The van der Waals surface area contributed by atoms with Crippen LogP contribution in [0, 0.1) is 11.8 Å². The summed E-state index contributed by atoms with van der Waals surface area (Å²) in [4.78, 5) is 2.55. The minimum Gasteiger partial charge on any atom is -0.391 e. The molecule has 1 heterocycles. The van der Waals surface area contributed by atoms with Crippen molar-refractivity contribution in [1.29, 1.82) is 0 Å². The maximum absolute atomic E-state index is 10.0. The predicted octanol–water partition coefficient (Wildman–Crippen LogP) is 2.27. The van der Waals surface area contributed by atoms with E-state index in [1.807, 2.05) is 0 Å². The van der Waals surface area contributed by atoms with Gasteiger partial charge in [-0.25, -0.2) is 0 Å². The fourth-order valence-electron chi connectivity index (χ4n) is 3.11. The number of rotatable bonds is 1. The van der Waals surface area contributed by atoms with Crippen molar-refractivity contribution in [3.05, 3.63) is 0 Å². The molecule has 4 atom stereocenters. The smallest absolute Gasteiger partial charge is 0.0695 e. The van der Waals surface area contributed by atoms with E-state index in [9.17, 15) is 5.11 Å². The van der Waals surface area contributed by atoms with Crippen molar-refractivity contribution in [2.45, 2.75) is 58.1 Å². The van der Waals surface area contributed by atoms with E-state index in [4.69, 9.17) is 0 Å². The Morgan fingerprint density at radius 1 is 1.00 bits per heavy atom. The molecule has 2 rings (SSSR count). The van der Waals surface area contributed by atoms with Crippen LogP contribution in [0.4, 0.5) is 0 Å². The number of nitrogens with zero attached hydrogens (tertiary/aromatic N) is 1. The van der Waals surface area contributed by atoms with Gasteiger partial charge in [-0.2, -0.15) is 0 Å². The fourth-order valence-corrected chi connectivity index (χ4v) is 3.11. The van der Waals surface area contributed by atoms with Gasteiger partial charge in [-0.15, -0.1) is 0 Å². The maximum atomic E-state index is 10.0. The molecule has 0 aromatic carbocycles. The standard InChI is InChI=1S/C13H25NO/c1-10-7-8-14(9-11(10)2)12-5-3-4-6-13(12)15/h10-13,15H,3-9H2,1-2H3/t10?,11?,12-,13-/m0/s1. The summed E-state index contributed by atoms with van der Waals surface area (Å²) in [7, 11) is 0. The van der Waals surface area contributed by atoms with E-state index >= 15 is 0 Å². The Bertz CT molecular complexity index is 207. The van der Waals surface area contributed by atoms with Crippen LogP contribution in [0.15, 0.2) is 0 Å². The molecule has 2 fully saturated rings. The molecule has 1 aliphatic heterocycles. The minimum atomic E-state index is -0.0562. The average Bonchev–Trinajstić information content (AvgIpc) is 2.23. The van der Waals surface area contributed by atoms with Crippen LogP contribution in [0.3, 0.4) is 0 Å². The van der Waals surface area contributed by atoms with E-state index in [0.717, 1.165) is 18.3 Å². The van der Waals surface area contributed by atoms with Gasteiger partial charge in [0.2, 0.25) is 0 Å². The van der Waals surface area contributed by atoms with Crippen LogP contribution in [0.5, 0.6) is 0 Å². The van der Waals surface area contributed by atoms with Gasteiger partial charge in [0.1, 0.15) is 0 Å². The lowest BCUT2D eigenvalue weighted by molar-refractivity contribution is -0.00759. The van der Waals surface area contributed by atoms with Crippen molar-refractivity contribution in [2.75, 3.05) is 13.1 Å². The predicted molar refractivity (Wildman–Crippen MR) is 62.8 cm³/mol. The van der Waals surface area contributed by atoms with Gasteiger partial charge in [0.15, 0.2) is 0 Å². The molecule has 1 saturated carbocycles. The monoisotopic (exact) mass is 211 g/mol. The third-order valence-corrected chi connectivity index (χ3v) is 4.53. The lowest BCUT2D eigenvalue weighted by atomic mass is 9.84. The molecular formula is C13H25NO. The molecule has 0 radical (unpaired) electrons. The maximum Gasteiger partial charge on any atom is 0.0695 e. The highest BCUT2D eigenvalue weighted by Crippen LogP contribution is 2.29. The molecule has 1 aliphatic carbocycles. The summed E-state index contributed by atoms with van der Waals surface area (Å²) in [6.45, 7) is 7.11. The van der Waals surface area contributed by atoms with Gasteiger partial charge in [-0.1, -0.05) is 26.7 Å². The minimum absolute atomic E-state index is 0.0562. The Balaban J connectivity index is 1.92. The molecule has 15 heavy (non-hydrogen) atoms. The first-order chi connectivity index (χ1) is 7.18. The summed E-state index contributed by atoms with van der Waals surface area (Å²) in [5.41, 5.74) is 0. The Hall–Kier alpha value is -0.0800. The lowest BCUT2D eigenvalue weighted by Crippen LogP contribution is -2.50. The van der Waals surface area contributed by atoms with E-state index in [1.165, 1.54) is 38.8 Å². The second kappa shape index (κ2) is 4.84. The number of hydrogen-bond donors (Lipinski definition) is 1. The van der Waals surface area contributed by atoms with Gasteiger partial charge in [-0.05, 0) is 37.6 Å². The van der Waals surface area contributed by atoms with Gasteiger partial charge in [-0.3, -0.25) is 4.90 Å². The fraction of sp³-hybridized carbons (Fsp3) is 1.00. The molecule has 0 aromatic heterocycles. The molecule has 1 N–H and O–H groups in total. The molecule has 1 saturated heterocycles. The van der Waals surface area contributed by atoms with Crippen molar-refractivity contribution in [3.8, 4) is 0 Å². The third kappa shape index (κ3) is 2.54. The molecule has 2 aliphatic rings. The number of aliphatic hydroxyl groups is 1. The second-order valence-electron chi connectivity index (χ2n) is 5.66. The van der Waals surface area contributed by atoms with Crippen LogP contribution < -0.4 is 0 Å². The van der Waals surface area contributed by atoms with Crippen molar-refractivity contribution in [3.63, 3.8) is 0 Å². The van der Waals surface area contributed by atoms with Gasteiger partial charge < -0.3 is 5.11 Å². The number of hydrogen-bond acceptors (Lipinski definition) is 2. The zero-order chi connectivity index (χ0) is 10.8. The second-order valence-corrected chi connectivity index (χ2v) is 5.66. The zero-order valence-corrected chi connectivity index (χ0v) is 10.2. The van der Waals surface area contributed by atoms with Crippen molar-refractivity contribution in [1.82, 2.24) is 4.90 Å². The highest BCUT2D eigenvalue weighted by molar-refractivity contribution is 4.87. The highest BCUT2D eigenvalue weighted by Gasteiger charge is 2.32. The van der Waals surface area contributed by atoms with E-state index in [2.05, 4.69) is 18.7 Å². The van der Waals surface area contributed by atoms with Gasteiger partial charge in [0.25, 0.3) is 0 Å². The first-order valence-electron chi connectivity index (χ1n) is 6.60. The van der Waals surface area contributed by atoms with Crippen LogP contribution in [-0.2, 0) is 0 Å². The summed E-state index contributed by atoms with van der Waals surface area (Å²) in [5, 5.41) is 10.0. The van der Waals surface area contributed by atoms with Crippen LogP contribution in [0.25, 0.3) is 0 Å². The molecule has 88 valence electrons. The first-order valence-corrected chi connectivity index (χ1v) is 6.60. The van der Waals surface area contributed by atoms with Crippen LogP contribution in [0.1, 0.15) is 46.0 Å².